The standard InChI is InChI=1S/C12H24O2Si/c1-10(2,3)15-14-11(4,5)12(9-13)7-6-8-12/h13H,6-9H2,1-5H3. The minimum atomic E-state index is -0.189. The molecule has 0 aromatic carbocycles. The van der Waals surface area contributed by atoms with E-state index in [0.717, 1.165) is 12.8 Å². The van der Waals surface area contributed by atoms with Gasteiger partial charge in [0.25, 0.3) is 0 Å². The van der Waals surface area contributed by atoms with Gasteiger partial charge in [-0.2, -0.15) is 0 Å². The first-order chi connectivity index (χ1) is 6.72. The number of hydrogen-bond acceptors (Lipinski definition) is 2. The van der Waals surface area contributed by atoms with Gasteiger partial charge in [-0.25, -0.2) is 0 Å². The van der Waals surface area contributed by atoms with Crippen molar-refractivity contribution in [1.29, 1.82) is 0 Å². The van der Waals surface area contributed by atoms with Crippen molar-refractivity contribution in [3.8, 4) is 0 Å². The van der Waals surface area contributed by atoms with Crippen LogP contribution in [0.2, 0.25) is 5.04 Å². The van der Waals surface area contributed by atoms with E-state index >= 15 is 0 Å². The fourth-order valence-corrected chi connectivity index (χ4v) is 2.72. The van der Waals surface area contributed by atoms with Crippen molar-refractivity contribution in [3.63, 3.8) is 0 Å². The van der Waals surface area contributed by atoms with E-state index in [2.05, 4.69) is 34.6 Å². The van der Waals surface area contributed by atoms with Crippen molar-refractivity contribution in [2.45, 2.75) is 64.5 Å². The molecule has 1 fully saturated rings. The zero-order valence-corrected chi connectivity index (χ0v) is 11.7. The smallest absolute Gasteiger partial charge is 0.236 e. The third-order valence-electron chi connectivity index (χ3n) is 3.50. The Balaban J connectivity index is 2.58. The molecule has 1 N–H and O–H groups in total. The predicted molar refractivity (Wildman–Crippen MR) is 64.0 cm³/mol. The lowest BCUT2D eigenvalue weighted by atomic mass is 9.60. The van der Waals surface area contributed by atoms with Gasteiger partial charge in [0.2, 0.25) is 9.76 Å². The predicted octanol–water partition coefficient (Wildman–Crippen LogP) is 2.78. The third kappa shape index (κ3) is 2.83. The number of aliphatic hydroxyl groups excluding tert-OH is 1. The van der Waals surface area contributed by atoms with Crippen molar-refractivity contribution in [2.75, 3.05) is 6.61 Å². The van der Waals surface area contributed by atoms with Gasteiger partial charge >= 0.3 is 0 Å². The highest BCUT2D eigenvalue weighted by Crippen LogP contribution is 2.50. The maximum Gasteiger partial charge on any atom is 0.236 e. The molecule has 2 nitrogen and oxygen atoms in total. The van der Waals surface area contributed by atoms with Crippen LogP contribution in [0.4, 0.5) is 0 Å². The second-order valence-electron chi connectivity index (χ2n) is 6.26. The summed E-state index contributed by atoms with van der Waals surface area (Å²) < 4.78 is 6.06. The Kier molecular flexibility index (Phi) is 3.69. The van der Waals surface area contributed by atoms with Gasteiger partial charge in [-0.1, -0.05) is 27.2 Å². The molecular formula is C12H24O2Si. The zero-order valence-electron chi connectivity index (χ0n) is 10.7. The van der Waals surface area contributed by atoms with Gasteiger partial charge in [0.05, 0.1) is 12.2 Å². The lowest BCUT2D eigenvalue weighted by Gasteiger charge is -2.52. The quantitative estimate of drug-likeness (QED) is 0.750. The van der Waals surface area contributed by atoms with E-state index in [1.54, 1.807) is 0 Å². The first kappa shape index (κ1) is 13.2. The summed E-state index contributed by atoms with van der Waals surface area (Å²) in [4.78, 5) is 0. The Morgan fingerprint density at radius 3 is 2.00 bits per heavy atom. The fourth-order valence-electron chi connectivity index (χ4n) is 1.94. The van der Waals surface area contributed by atoms with Crippen LogP contribution >= 0.6 is 0 Å². The van der Waals surface area contributed by atoms with Crippen LogP contribution in [0.3, 0.4) is 0 Å². The summed E-state index contributed by atoms with van der Waals surface area (Å²) in [5, 5.41) is 9.74. The van der Waals surface area contributed by atoms with Crippen molar-refractivity contribution < 1.29 is 9.53 Å². The summed E-state index contributed by atoms with van der Waals surface area (Å²) in [5.74, 6) is 0. The molecule has 0 atom stereocenters. The molecule has 0 heterocycles. The van der Waals surface area contributed by atoms with Crippen LogP contribution in [0.5, 0.6) is 0 Å². The Hall–Kier alpha value is 0.137. The molecule has 0 amide bonds. The minimum absolute atomic E-state index is 0.0191. The van der Waals surface area contributed by atoms with Crippen LogP contribution in [-0.2, 0) is 4.43 Å². The second kappa shape index (κ2) is 4.19. The monoisotopic (exact) mass is 228 g/mol. The van der Waals surface area contributed by atoms with E-state index < -0.39 is 0 Å². The zero-order chi connectivity index (χ0) is 11.7. The van der Waals surface area contributed by atoms with Crippen LogP contribution in [0.25, 0.3) is 0 Å². The normalized spacial score (nSPS) is 21.2. The van der Waals surface area contributed by atoms with Crippen LogP contribution in [0, 0.1) is 5.41 Å². The van der Waals surface area contributed by atoms with Crippen molar-refractivity contribution in [1.82, 2.24) is 0 Å². The topological polar surface area (TPSA) is 29.5 Å². The molecule has 1 aliphatic carbocycles. The lowest BCUT2D eigenvalue weighted by molar-refractivity contribution is -0.114. The molecule has 0 aromatic rings. The SMILES string of the molecule is CC(C)(C)[Si]OC(C)(C)C1(CO)CCC1. The number of rotatable bonds is 4. The molecule has 0 spiro atoms. The molecule has 0 unspecified atom stereocenters. The van der Waals surface area contributed by atoms with Crippen LogP contribution < -0.4 is 0 Å². The number of aliphatic hydroxyl groups is 1. The Bertz CT molecular complexity index is 209. The molecule has 1 saturated carbocycles. The highest BCUT2D eigenvalue weighted by Gasteiger charge is 2.49. The summed E-state index contributed by atoms with van der Waals surface area (Å²) in [6.07, 6.45) is 3.43. The molecule has 0 saturated heterocycles. The highest BCUT2D eigenvalue weighted by molar-refractivity contribution is 6.31. The van der Waals surface area contributed by atoms with Crippen molar-refractivity contribution in [2.24, 2.45) is 5.41 Å². The van der Waals surface area contributed by atoms with Crippen LogP contribution in [0.15, 0.2) is 0 Å². The molecule has 15 heavy (non-hydrogen) atoms. The van der Waals surface area contributed by atoms with E-state index in [4.69, 9.17) is 4.43 Å². The van der Waals surface area contributed by atoms with Crippen molar-refractivity contribution >= 4 is 9.76 Å². The third-order valence-corrected chi connectivity index (χ3v) is 4.73. The first-order valence-corrected chi connectivity index (χ1v) is 6.69. The Morgan fingerprint density at radius 1 is 1.20 bits per heavy atom. The maximum absolute atomic E-state index is 9.52. The van der Waals surface area contributed by atoms with Crippen LogP contribution in [-0.4, -0.2) is 27.1 Å². The molecule has 0 aliphatic heterocycles. The lowest BCUT2D eigenvalue weighted by Crippen LogP contribution is -2.53. The van der Waals surface area contributed by atoms with Crippen LogP contribution in [0.1, 0.15) is 53.9 Å². The summed E-state index contributed by atoms with van der Waals surface area (Å²) >= 11 is 0. The maximum atomic E-state index is 9.52. The van der Waals surface area contributed by atoms with Gasteiger partial charge in [0.15, 0.2) is 0 Å². The van der Waals surface area contributed by atoms with Gasteiger partial charge in [0, 0.05) is 5.41 Å². The van der Waals surface area contributed by atoms with Gasteiger partial charge in [-0.05, 0) is 31.7 Å². The van der Waals surface area contributed by atoms with Gasteiger partial charge < -0.3 is 9.53 Å². The first-order valence-electron chi connectivity index (χ1n) is 5.79. The van der Waals surface area contributed by atoms with E-state index in [-0.39, 0.29) is 22.7 Å². The second-order valence-corrected chi connectivity index (χ2v) is 8.16. The summed E-state index contributed by atoms with van der Waals surface area (Å²) in [5.41, 5.74) is -0.170. The van der Waals surface area contributed by atoms with E-state index in [0.29, 0.717) is 9.76 Å². The van der Waals surface area contributed by atoms with E-state index in [1.165, 1.54) is 6.42 Å². The molecule has 0 bridgehead atoms. The number of hydrogen-bond donors (Lipinski definition) is 1. The fraction of sp³-hybridized carbons (Fsp3) is 1.00. The van der Waals surface area contributed by atoms with E-state index in [1.807, 2.05) is 0 Å². The van der Waals surface area contributed by atoms with Gasteiger partial charge in [-0.3, -0.25) is 0 Å². The molecule has 1 rings (SSSR count). The summed E-state index contributed by atoms with van der Waals surface area (Å²) in [7, 11) is 0.495. The summed E-state index contributed by atoms with van der Waals surface area (Å²) in [6.45, 7) is 11.1. The largest absolute Gasteiger partial charge is 0.411 e. The molecule has 1 aliphatic rings. The minimum Gasteiger partial charge on any atom is -0.411 e. The average molecular weight is 228 g/mol. The van der Waals surface area contributed by atoms with Gasteiger partial charge in [-0.15, -0.1) is 0 Å². The molecule has 0 aromatic heterocycles. The Morgan fingerprint density at radius 2 is 1.73 bits per heavy atom. The van der Waals surface area contributed by atoms with Gasteiger partial charge in [0.1, 0.15) is 0 Å². The molecule has 88 valence electrons. The van der Waals surface area contributed by atoms with Crippen molar-refractivity contribution in [3.05, 3.63) is 0 Å². The Labute approximate surface area is 96.4 Å². The summed E-state index contributed by atoms with van der Waals surface area (Å²) in [6, 6.07) is 0. The molecule has 3 heteroatoms. The molecular weight excluding hydrogens is 204 g/mol. The molecule has 2 radical (unpaired) electrons. The average Bonchev–Trinajstić information content (AvgIpc) is 1.98. The van der Waals surface area contributed by atoms with E-state index in [9.17, 15) is 5.11 Å². The highest BCUT2D eigenvalue weighted by atomic mass is 28.2.